The summed E-state index contributed by atoms with van der Waals surface area (Å²) in [6, 6.07) is 8.79. The van der Waals surface area contributed by atoms with Crippen molar-refractivity contribution >= 4 is 29.9 Å². The minimum atomic E-state index is 0. The third-order valence-electron chi connectivity index (χ3n) is 4.82. The summed E-state index contributed by atoms with van der Waals surface area (Å²) < 4.78 is 5.19. The molecule has 0 spiro atoms. The van der Waals surface area contributed by atoms with E-state index in [1.807, 2.05) is 24.3 Å². The van der Waals surface area contributed by atoms with Gasteiger partial charge in [0.25, 0.3) is 0 Å². The first-order valence-electron chi connectivity index (χ1n) is 10.8. The van der Waals surface area contributed by atoms with Gasteiger partial charge < -0.3 is 15.4 Å². The van der Waals surface area contributed by atoms with Crippen molar-refractivity contribution in [3.63, 3.8) is 0 Å². The number of benzene rings is 1. The van der Waals surface area contributed by atoms with E-state index in [2.05, 4.69) is 70.3 Å². The maximum atomic E-state index is 5.19. The monoisotopic (exact) mass is 543 g/mol. The lowest BCUT2D eigenvalue weighted by Crippen LogP contribution is -2.41. The Labute approximate surface area is 203 Å². The lowest BCUT2D eigenvalue weighted by molar-refractivity contribution is 0.173. The fourth-order valence-corrected chi connectivity index (χ4v) is 3.31. The largest absolute Gasteiger partial charge is 0.497 e. The van der Waals surface area contributed by atoms with Crippen molar-refractivity contribution in [3.05, 3.63) is 30.1 Å². The zero-order chi connectivity index (χ0) is 21.9. The molecule has 2 aromatic rings. The highest BCUT2D eigenvalue weighted by molar-refractivity contribution is 14.0. The lowest BCUT2D eigenvalue weighted by atomic mass is 10.2. The highest BCUT2D eigenvalue weighted by Crippen LogP contribution is 2.19. The molecule has 0 atom stereocenters. The number of aromatic amines is 1. The molecule has 1 aromatic carbocycles. The van der Waals surface area contributed by atoms with Crippen LogP contribution < -0.4 is 15.4 Å². The van der Waals surface area contributed by atoms with Gasteiger partial charge in [-0.25, -0.2) is 9.98 Å². The molecule has 0 aliphatic heterocycles. The molecule has 0 bridgehead atoms. The minimum absolute atomic E-state index is 0. The molecular formula is C22H38IN7O. The Kier molecular flexibility index (Phi) is 12.5. The molecule has 0 fully saturated rings. The summed E-state index contributed by atoms with van der Waals surface area (Å²) in [4.78, 5) is 11.7. The van der Waals surface area contributed by atoms with Gasteiger partial charge in [-0.05, 0) is 65.3 Å². The molecule has 1 heterocycles. The van der Waals surface area contributed by atoms with E-state index in [1.54, 1.807) is 7.11 Å². The molecule has 0 saturated heterocycles. The number of H-pyrrole nitrogens is 1. The van der Waals surface area contributed by atoms with E-state index >= 15 is 0 Å². The molecule has 0 aliphatic carbocycles. The maximum Gasteiger partial charge on any atom is 0.191 e. The SMILES string of the molecule is CCNC(=NCc1nc(-c2ccc(OC)cc2)n[nH]1)NCCCN(C(C)C)C(C)C.I. The van der Waals surface area contributed by atoms with Crippen molar-refractivity contribution < 1.29 is 4.74 Å². The highest BCUT2D eigenvalue weighted by Gasteiger charge is 2.12. The number of aliphatic imine (C=N–C) groups is 1. The number of nitrogens with zero attached hydrogens (tertiary/aromatic N) is 4. The minimum Gasteiger partial charge on any atom is -0.497 e. The number of rotatable bonds is 11. The second-order valence-electron chi connectivity index (χ2n) is 7.74. The van der Waals surface area contributed by atoms with Gasteiger partial charge in [-0.2, -0.15) is 5.10 Å². The van der Waals surface area contributed by atoms with Gasteiger partial charge in [-0.3, -0.25) is 10.00 Å². The van der Waals surface area contributed by atoms with Gasteiger partial charge in [-0.15, -0.1) is 24.0 Å². The summed E-state index contributed by atoms with van der Waals surface area (Å²) in [6.07, 6.45) is 1.06. The summed E-state index contributed by atoms with van der Waals surface area (Å²) in [6.45, 7) is 14.2. The molecule has 9 heteroatoms. The first-order chi connectivity index (χ1) is 14.4. The van der Waals surface area contributed by atoms with Crippen LogP contribution in [0.25, 0.3) is 11.4 Å². The van der Waals surface area contributed by atoms with Crippen LogP contribution in [-0.4, -0.2) is 64.9 Å². The smallest absolute Gasteiger partial charge is 0.191 e. The van der Waals surface area contributed by atoms with Crippen molar-refractivity contribution in [2.24, 2.45) is 4.99 Å². The van der Waals surface area contributed by atoms with Crippen LogP contribution >= 0.6 is 24.0 Å². The number of nitrogens with one attached hydrogen (secondary N) is 3. The zero-order valence-corrected chi connectivity index (χ0v) is 21.9. The molecule has 8 nitrogen and oxygen atoms in total. The van der Waals surface area contributed by atoms with Crippen LogP contribution in [-0.2, 0) is 6.54 Å². The molecule has 0 aliphatic rings. The average Bonchev–Trinajstić information content (AvgIpc) is 3.20. The maximum absolute atomic E-state index is 5.19. The third kappa shape index (κ3) is 9.02. The summed E-state index contributed by atoms with van der Waals surface area (Å²) in [7, 11) is 1.65. The number of aromatic nitrogens is 3. The van der Waals surface area contributed by atoms with Gasteiger partial charge in [0, 0.05) is 37.3 Å². The van der Waals surface area contributed by atoms with Crippen LogP contribution in [0.3, 0.4) is 0 Å². The number of guanidine groups is 1. The number of halogens is 1. The molecule has 1 aromatic heterocycles. The fourth-order valence-electron chi connectivity index (χ4n) is 3.31. The molecule has 0 unspecified atom stereocenters. The number of hydrogen-bond acceptors (Lipinski definition) is 5. The van der Waals surface area contributed by atoms with Gasteiger partial charge in [0.2, 0.25) is 0 Å². The first kappa shape index (κ1) is 27.2. The molecule has 0 radical (unpaired) electrons. The third-order valence-corrected chi connectivity index (χ3v) is 4.82. The van der Waals surface area contributed by atoms with Crippen molar-refractivity contribution in [2.45, 2.75) is 59.7 Å². The molecule has 174 valence electrons. The topological polar surface area (TPSA) is 90.5 Å². The van der Waals surface area contributed by atoms with Crippen molar-refractivity contribution in [1.82, 2.24) is 30.7 Å². The zero-order valence-electron chi connectivity index (χ0n) is 19.6. The van der Waals surface area contributed by atoms with Gasteiger partial charge in [0.15, 0.2) is 11.8 Å². The Hall–Kier alpha value is -1.88. The summed E-state index contributed by atoms with van der Waals surface area (Å²) in [5, 5.41) is 14.0. The van der Waals surface area contributed by atoms with Crippen molar-refractivity contribution in [1.29, 1.82) is 0 Å². The average molecular weight is 543 g/mol. The molecule has 0 saturated carbocycles. The van der Waals surface area contributed by atoms with E-state index in [1.165, 1.54) is 0 Å². The summed E-state index contributed by atoms with van der Waals surface area (Å²) in [5.74, 6) is 2.98. The van der Waals surface area contributed by atoms with Crippen molar-refractivity contribution in [2.75, 3.05) is 26.7 Å². The van der Waals surface area contributed by atoms with E-state index < -0.39 is 0 Å². The Bertz CT molecular complexity index is 766. The van der Waals surface area contributed by atoms with Crippen LogP contribution in [0.2, 0.25) is 0 Å². The van der Waals surface area contributed by atoms with Crippen LogP contribution in [0.1, 0.15) is 46.9 Å². The van der Waals surface area contributed by atoms with Gasteiger partial charge in [0.05, 0.1) is 7.11 Å². The second-order valence-corrected chi connectivity index (χ2v) is 7.74. The Balaban J connectivity index is 0.00000480. The van der Waals surface area contributed by atoms with Crippen LogP contribution in [0, 0.1) is 0 Å². The van der Waals surface area contributed by atoms with E-state index in [4.69, 9.17) is 4.74 Å². The highest BCUT2D eigenvalue weighted by atomic mass is 127. The van der Waals surface area contributed by atoms with E-state index in [0.29, 0.717) is 24.5 Å². The number of methoxy groups -OCH3 is 1. The fraction of sp³-hybridized carbons (Fsp3) is 0.591. The predicted octanol–water partition coefficient (Wildman–Crippen LogP) is 3.66. The Morgan fingerprint density at radius 1 is 1.13 bits per heavy atom. The van der Waals surface area contributed by atoms with Crippen LogP contribution in [0.5, 0.6) is 5.75 Å². The Morgan fingerprint density at radius 2 is 1.81 bits per heavy atom. The van der Waals surface area contributed by atoms with E-state index in [0.717, 1.165) is 49.2 Å². The van der Waals surface area contributed by atoms with Crippen molar-refractivity contribution in [3.8, 4) is 17.1 Å². The first-order valence-corrected chi connectivity index (χ1v) is 10.8. The van der Waals surface area contributed by atoms with E-state index in [9.17, 15) is 0 Å². The lowest BCUT2D eigenvalue weighted by Gasteiger charge is -2.30. The molecular weight excluding hydrogens is 505 g/mol. The standard InChI is InChI=1S/C22H37N7O.HI/c1-7-23-22(24-13-8-14-29(16(2)3)17(4)5)25-15-20-26-21(28-27-20)18-9-11-19(30-6)12-10-18;/h9-12,16-17H,7-8,13-15H2,1-6H3,(H2,23,24,25)(H,26,27,28);1H. The predicted molar refractivity (Wildman–Crippen MR) is 138 cm³/mol. The number of hydrogen-bond donors (Lipinski definition) is 3. The van der Waals surface area contributed by atoms with Gasteiger partial charge >= 0.3 is 0 Å². The molecule has 3 N–H and O–H groups in total. The summed E-state index contributed by atoms with van der Waals surface area (Å²) in [5.41, 5.74) is 0.937. The molecule has 0 amide bonds. The van der Waals surface area contributed by atoms with Crippen LogP contribution in [0.4, 0.5) is 0 Å². The van der Waals surface area contributed by atoms with Gasteiger partial charge in [0.1, 0.15) is 18.1 Å². The quantitative estimate of drug-likeness (QED) is 0.174. The Morgan fingerprint density at radius 3 is 2.39 bits per heavy atom. The molecule has 31 heavy (non-hydrogen) atoms. The summed E-state index contributed by atoms with van der Waals surface area (Å²) >= 11 is 0. The van der Waals surface area contributed by atoms with Crippen LogP contribution in [0.15, 0.2) is 29.3 Å². The second kappa shape index (κ2) is 14.2. The van der Waals surface area contributed by atoms with E-state index in [-0.39, 0.29) is 24.0 Å². The normalized spacial score (nSPS) is 11.7. The number of ether oxygens (including phenoxy) is 1. The molecule has 2 rings (SSSR count). The van der Waals surface area contributed by atoms with Gasteiger partial charge in [-0.1, -0.05) is 0 Å².